The van der Waals surface area contributed by atoms with Crippen LogP contribution in [-0.4, -0.2) is 19.8 Å². The molecular formula is C10H9N5S. The molecule has 0 saturated carbocycles. The van der Waals surface area contributed by atoms with E-state index < -0.39 is 0 Å². The topological polar surface area (TPSA) is 69.1 Å². The van der Waals surface area contributed by atoms with Gasteiger partial charge >= 0.3 is 0 Å². The molecule has 5 nitrogen and oxygen atoms in total. The molecule has 0 aliphatic heterocycles. The summed E-state index contributed by atoms with van der Waals surface area (Å²) in [5.41, 5.74) is 7.17. The molecule has 1 atom stereocenters. The van der Waals surface area contributed by atoms with Gasteiger partial charge in [0.25, 0.3) is 0 Å². The molecule has 0 spiro atoms. The summed E-state index contributed by atoms with van der Waals surface area (Å²) in [6.07, 6.45) is 1.58. The smallest absolute Gasteiger partial charge is 0.234 e. The highest BCUT2D eigenvalue weighted by molar-refractivity contribution is 7.16. The molecule has 2 N–H and O–H groups in total. The minimum absolute atomic E-state index is 0.201. The van der Waals surface area contributed by atoms with Crippen molar-refractivity contribution in [2.75, 3.05) is 0 Å². The van der Waals surface area contributed by atoms with Crippen LogP contribution in [0.2, 0.25) is 0 Å². The summed E-state index contributed by atoms with van der Waals surface area (Å²) in [7, 11) is 0. The molecule has 16 heavy (non-hydrogen) atoms. The average molecular weight is 231 g/mol. The standard InChI is InChI=1S/C10H9N5S/c11-8(7-4-2-1-3-5-7)9-14-15-6-12-13-10(15)16-9/h1-6,8H,11H2. The zero-order valence-corrected chi connectivity index (χ0v) is 9.13. The fourth-order valence-corrected chi connectivity index (χ4v) is 2.35. The van der Waals surface area contributed by atoms with Gasteiger partial charge in [0.1, 0.15) is 11.3 Å². The quantitative estimate of drug-likeness (QED) is 0.720. The van der Waals surface area contributed by atoms with Crippen molar-refractivity contribution in [1.82, 2.24) is 19.8 Å². The molecule has 0 bridgehead atoms. The highest BCUT2D eigenvalue weighted by atomic mass is 32.1. The number of benzene rings is 1. The molecule has 1 aromatic carbocycles. The van der Waals surface area contributed by atoms with Gasteiger partial charge < -0.3 is 5.73 Å². The Labute approximate surface area is 95.5 Å². The van der Waals surface area contributed by atoms with Crippen LogP contribution in [-0.2, 0) is 0 Å². The van der Waals surface area contributed by atoms with Crippen LogP contribution in [0.25, 0.3) is 4.96 Å². The molecule has 0 radical (unpaired) electrons. The van der Waals surface area contributed by atoms with Gasteiger partial charge in [0, 0.05) is 0 Å². The molecule has 2 heterocycles. The summed E-state index contributed by atoms with van der Waals surface area (Å²) < 4.78 is 1.64. The van der Waals surface area contributed by atoms with Crippen LogP contribution in [0.3, 0.4) is 0 Å². The zero-order chi connectivity index (χ0) is 11.0. The lowest BCUT2D eigenvalue weighted by Crippen LogP contribution is -2.11. The number of rotatable bonds is 2. The summed E-state index contributed by atoms with van der Waals surface area (Å²) >= 11 is 1.46. The van der Waals surface area contributed by atoms with Crippen LogP contribution in [0.1, 0.15) is 16.6 Å². The lowest BCUT2D eigenvalue weighted by molar-refractivity contribution is 0.804. The van der Waals surface area contributed by atoms with Crippen molar-refractivity contribution in [2.24, 2.45) is 5.73 Å². The maximum absolute atomic E-state index is 6.13. The van der Waals surface area contributed by atoms with Crippen molar-refractivity contribution in [3.05, 3.63) is 47.2 Å². The minimum Gasteiger partial charge on any atom is -0.318 e. The Bertz CT molecular complexity index is 571. The van der Waals surface area contributed by atoms with Gasteiger partial charge in [-0.05, 0) is 5.56 Å². The molecule has 80 valence electrons. The van der Waals surface area contributed by atoms with Crippen LogP contribution < -0.4 is 5.73 Å². The fourth-order valence-electron chi connectivity index (χ4n) is 1.50. The van der Waals surface area contributed by atoms with Gasteiger partial charge in [-0.15, -0.1) is 10.2 Å². The Morgan fingerprint density at radius 2 is 2.06 bits per heavy atom. The molecule has 3 rings (SSSR count). The third-order valence-corrected chi connectivity index (χ3v) is 3.32. The van der Waals surface area contributed by atoms with Gasteiger partial charge in [-0.2, -0.15) is 9.61 Å². The highest BCUT2D eigenvalue weighted by Gasteiger charge is 2.14. The molecule has 6 heteroatoms. The summed E-state index contributed by atoms with van der Waals surface area (Å²) in [6.45, 7) is 0. The SMILES string of the molecule is NC(c1ccccc1)c1nn2cnnc2s1. The van der Waals surface area contributed by atoms with Crippen molar-refractivity contribution in [3.8, 4) is 0 Å². The number of hydrogen-bond acceptors (Lipinski definition) is 5. The monoisotopic (exact) mass is 231 g/mol. The normalized spacial score (nSPS) is 13.1. The first-order chi connectivity index (χ1) is 7.84. The number of nitrogens with two attached hydrogens (primary N) is 1. The van der Waals surface area contributed by atoms with Crippen molar-refractivity contribution in [3.63, 3.8) is 0 Å². The van der Waals surface area contributed by atoms with Gasteiger partial charge in [-0.3, -0.25) is 0 Å². The van der Waals surface area contributed by atoms with Crippen LogP contribution in [0.5, 0.6) is 0 Å². The summed E-state index contributed by atoms with van der Waals surface area (Å²) in [5.74, 6) is 0. The highest BCUT2D eigenvalue weighted by Crippen LogP contribution is 2.23. The van der Waals surface area contributed by atoms with Crippen molar-refractivity contribution in [1.29, 1.82) is 0 Å². The van der Waals surface area contributed by atoms with E-state index >= 15 is 0 Å². The second kappa shape index (κ2) is 3.66. The van der Waals surface area contributed by atoms with Crippen molar-refractivity contribution >= 4 is 16.3 Å². The second-order valence-corrected chi connectivity index (χ2v) is 4.37. The summed E-state index contributed by atoms with van der Waals surface area (Å²) in [6, 6.07) is 9.69. The van der Waals surface area contributed by atoms with Gasteiger partial charge in [0.2, 0.25) is 4.96 Å². The van der Waals surface area contributed by atoms with E-state index in [0.29, 0.717) is 0 Å². The maximum atomic E-state index is 6.13. The third kappa shape index (κ3) is 1.48. The Hall–Kier alpha value is -1.79. The van der Waals surface area contributed by atoms with E-state index in [4.69, 9.17) is 5.73 Å². The number of fused-ring (bicyclic) bond motifs is 1. The minimum atomic E-state index is -0.201. The summed E-state index contributed by atoms with van der Waals surface area (Å²) in [5, 5.41) is 12.9. The lowest BCUT2D eigenvalue weighted by Gasteiger charge is -2.06. The van der Waals surface area contributed by atoms with E-state index in [1.165, 1.54) is 11.3 Å². The molecule has 0 saturated heterocycles. The van der Waals surface area contributed by atoms with Crippen molar-refractivity contribution < 1.29 is 0 Å². The van der Waals surface area contributed by atoms with E-state index in [2.05, 4.69) is 15.3 Å². The van der Waals surface area contributed by atoms with Crippen LogP contribution >= 0.6 is 11.3 Å². The first-order valence-corrected chi connectivity index (χ1v) is 5.63. The molecule has 0 amide bonds. The third-order valence-electron chi connectivity index (χ3n) is 2.33. The first-order valence-electron chi connectivity index (χ1n) is 4.82. The predicted octanol–water partition coefficient (Wildman–Crippen LogP) is 1.23. The van der Waals surface area contributed by atoms with E-state index in [1.807, 2.05) is 30.3 Å². The fraction of sp³-hybridized carbons (Fsp3) is 0.100. The number of aromatic nitrogens is 4. The lowest BCUT2D eigenvalue weighted by atomic mass is 10.1. The van der Waals surface area contributed by atoms with Crippen molar-refractivity contribution in [2.45, 2.75) is 6.04 Å². The average Bonchev–Trinajstić information content (AvgIpc) is 2.89. The maximum Gasteiger partial charge on any atom is 0.234 e. The van der Waals surface area contributed by atoms with Crippen LogP contribution in [0.4, 0.5) is 0 Å². The van der Waals surface area contributed by atoms with Gasteiger partial charge in [0.15, 0.2) is 0 Å². The first kappa shape index (κ1) is 9.44. The number of hydrogen-bond donors (Lipinski definition) is 1. The second-order valence-electron chi connectivity index (χ2n) is 3.39. The molecular weight excluding hydrogens is 222 g/mol. The molecule has 1 unspecified atom stereocenters. The zero-order valence-electron chi connectivity index (χ0n) is 8.32. The Balaban J connectivity index is 2.01. The van der Waals surface area contributed by atoms with Gasteiger partial charge in [-0.25, -0.2) is 0 Å². The molecule has 0 fully saturated rings. The Kier molecular flexibility index (Phi) is 2.16. The van der Waals surface area contributed by atoms with E-state index in [1.54, 1.807) is 10.8 Å². The van der Waals surface area contributed by atoms with Gasteiger partial charge in [0.05, 0.1) is 6.04 Å². The Morgan fingerprint density at radius 1 is 1.25 bits per heavy atom. The molecule has 2 aromatic heterocycles. The predicted molar refractivity (Wildman–Crippen MR) is 61.1 cm³/mol. The number of nitrogens with zero attached hydrogens (tertiary/aromatic N) is 4. The van der Waals surface area contributed by atoms with Crippen LogP contribution in [0.15, 0.2) is 36.7 Å². The molecule has 3 aromatic rings. The molecule has 0 aliphatic carbocycles. The van der Waals surface area contributed by atoms with E-state index in [9.17, 15) is 0 Å². The van der Waals surface area contributed by atoms with Crippen LogP contribution in [0, 0.1) is 0 Å². The summed E-state index contributed by atoms with van der Waals surface area (Å²) in [4.78, 5) is 0.765. The Morgan fingerprint density at radius 3 is 2.81 bits per heavy atom. The largest absolute Gasteiger partial charge is 0.318 e. The van der Waals surface area contributed by atoms with E-state index in [0.717, 1.165) is 15.5 Å². The van der Waals surface area contributed by atoms with E-state index in [-0.39, 0.29) is 6.04 Å². The molecule has 0 aliphatic rings. The van der Waals surface area contributed by atoms with Gasteiger partial charge in [-0.1, -0.05) is 41.7 Å².